The highest BCUT2D eigenvalue weighted by Crippen LogP contribution is 1.84. The molecule has 0 aromatic rings. The smallest absolute Gasteiger partial charge is 0.149 e. The van der Waals surface area contributed by atoms with Crippen LogP contribution in [0, 0.1) is 0 Å². The minimum atomic E-state index is -2.66. The molecular formula is C4H11FO2S. The molecule has 0 fully saturated rings. The molecule has 0 aromatic carbocycles. The van der Waals surface area contributed by atoms with Crippen LogP contribution in [0.4, 0.5) is 4.70 Å². The standard InChI is InChI=1S/C4H10O2S.FH/c1-3-7(5,6)4-2;/h3-4H2,1-2H3;1H. The highest BCUT2D eigenvalue weighted by Gasteiger charge is 1.99. The van der Waals surface area contributed by atoms with Crippen LogP contribution in [-0.2, 0) is 9.84 Å². The molecule has 0 atom stereocenters. The third-order valence-corrected chi connectivity index (χ3v) is 2.64. The molecule has 0 amide bonds. The minimum absolute atomic E-state index is 0. The Labute approximate surface area is 49.2 Å². The molecule has 0 aliphatic carbocycles. The second-order valence-corrected chi connectivity index (χ2v) is 3.96. The van der Waals surface area contributed by atoms with E-state index in [-0.39, 0.29) is 16.2 Å². The molecule has 0 N–H and O–H groups in total. The van der Waals surface area contributed by atoms with Gasteiger partial charge in [0.1, 0.15) is 9.84 Å². The first-order chi connectivity index (χ1) is 3.12. The largest absolute Gasteiger partial charge is 0.269 e. The lowest BCUT2D eigenvalue weighted by Crippen LogP contribution is -2.04. The van der Waals surface area contributed by atoms with Gasteiger partial charge in [-0.05, 0) is 0 Å². The summed E-state index contributed by atoms with van der Waals surface area (Å²) in [7, 11) is -2.66. The van der Waals surface area contributed by atoms with Gasteiger partial charge in [0.15, 0.2) is 0 Å². The van der Waals surface area contributed by atoms with Gasteiger partial charge in [0.2, 0.25) is 0 Å². The van der Waals surface area contributed by atoms with Crippen molar-refractivity contribution in [3.05, 3.63) is 0 Å². The molecule has 0 rings (SSSR count). The van der Waals surface area contributed by atoms with Gasteiger partial charge in [0, 0.05) is 11.5 Å². The second kappa shape index (κ2) is 3.83. The summed E-state index contributed by atoms with van der Waals surface area (Å²) < 4.78 is 20.7. The van der Waals surface area contributed by atoms with Gasteiger partial charge in [-0.15, -0.1) is 0 Å². The number of hydrogen-bond donors (Lipinski definition) is 0. The zero-order valence-corrected chi connectivity index (χ0v) is 5.86. The van der Waals surface area contributed by atoms with Crippen molar-refractivity contribution < 1.29 is 13.1 Å². The van der Waals surface area contributed by atoms with Gasteiger partial charge in [-0.3, -0.25) is 4.70 Å². The fourth-order valence-corrected chi connectivity index (χ4v) is 0.612. The van der Waals surface area contributed by atoms with Gasteiger partial charge in [-0.25, -0.2) is 8.42 Å². The van der Waals surface area contributed by atoms with Gasteiger partial charge >= 0.3 is 0 Å². The summed E-state index contributed by atoms with van der Waals surface area (Å²) in [5.41, 5.74) is 0. The van der Waals surface area contributed by atoms with Crippen molar-refractivity contribution in [2.45, 2.75) is 13.8 Å². The third-order valence-electron chi connectivity index (χ3n) is 0.880. The Bertz CT molecular complexity index is 117. The molecule has 0 aliphatic rings. The van der Waals surface area contributed by atoms with Crippen LogP contribution in [0.25, 0.3) is 0 Å². The quantitative estimate of drug-likeness (QED) is 0.565. The Hall–Kier alpha value is -0.120. The van der Waals surface area contributed by atoms with Crippen LogP contribution in [0.1, 0.15) is 13.8 Å². The van der Waals surface area contributed by atoms with Crippen LogP contribution in [-0.4, -0.2) is 19.9 Å². The predicted octanol–water partition coefficient (Wildman–Crippen LogP) is 0.594. The van der Waals surface area contributed by atoms with Gasteiger partial charge < -0.3 is 0 Å². The third kappa shape index (κ3) is 4.05. The van der Waals surface area contributed by atoms with Crippen molar-refractivity contribution in [1.29, 1.82) is 0 Å². The second-order valence-electron chi connectivity index (χ2n) is 1.32. The lowest BCUT2D eigenvalue weighted by atomic mass is 11.0. The summed E-state index contributed by atoms with van der Waals surface area (Å²) >= 11 is 0. The van der Waals surface area contributed by atoms with Crippen LogP contribution in [0.5, 0.6) is 0 Å². The molecule has 0 saturated heterocycles. The SMILES string of the molecule is CCS(=O)(=O)CC.F. The van der Waals surface area contributed by atoms with E-state index in [1.165, 1.54) is 0 Å². The van der Waals surface area contributed by atoms with Gasteiger partial charge in [0.05, 0.1) is 0 Å². The topological polar surface area (TPSA) is 34.1 Å². The van der Waals surface area contributed by atoms with E-state index in [4.69, 9.17) is 0 Å². The van der Waals surface area contributed by atoms with Crippen LogP contribution in [0.15, 0.2) is 0 Å². The summed E-state index contributed by atoms with van der Waals surface area (Å²) in [5.74, 6) is 0.535. The zero-order chi connectivity index (χ0) is 5.91. The maximum absolute atomic E-state index is 10.4. The molecule has 0 unspecified atom stereocenters. The van der Waals surface area contributed by atoms with Gasteiger partial charge in [-0.1, -0.05) is 13.8 Å². The van der Waals surface area contributed by atoms with Gasteiger partial charge in [0.25, 0.3) is 0 Å². The molecule has 0 radical (unpaired) electrons. The maximum Gasteiger partial charge on any atom is 0.149 e. The first kappa shape index (κ1) is 10.8. The number of hydrogen-bond acceptors (Lipinski definition) is 2. The molecule has 0 spiro atoms. The number of sulfone groups is 1. The lowest BCUT2D eigenvalue weighted by molar-refractivity contribution is 0.598. The molecule has 0 heterocycles. The fourth-order valence-electron chi connectivity index (χ4n) is 0.204. The monoisotopic (exact) mass is 142 g/mol. The summed E-state index contributed by atoms with van der Waals surface area (Å²) in [6.07, 6.45) is 0. The lowest BCUT2D eigenvalue weighted by Gasteiger charge is -1.89. The van der Waals surface area contributed by atoms with Crippen molar-refractivity contribution in [3.63, 3.8) is 0 Å². The van der Waals surface area contributed by atoms with Crippen LogP contribution < -0.4 is 0 Å². The first-order valence-electron chi connectivity index (χ1n) is 2.32. The number of rotatable bonds is 2. The van der Waals surface area contributed by atoms with Gasteiger partial charge in [-0.2, -0.15) is 0 Å². The molecule has 52 valence electrons. The van der Waals surface area contributed by atoms with Crippen LogP contribution in [0.2, 0.25) is 0 Å². The Morgan fingerprint density at radius 1 is 1.12 bits per heavy atom. The van der Waals surface area contributed by atoms with Crippen molar-refractivity contribution in [2.24, 2.45) is 0 Å². The molecule has 0 bridgehead atoms. The van der Waals surface area contributed by atoms with Crippen molar-refractivity contribution in [2.75, 3.05) is 11.5 Å². The maximum atomic E-state index is 10.4. The molecule has 0 aromatic heterocycles. The minimum Gasteiger partial charge on any atom is -0.269 e. The van der Waals surface area contributed by atoms with Crippen molar-refractivity contribution in [3.8, 4) is 0 Å². The Kier molecular flexibility index (Phi) is 5.17. The van der Waals surface area contributed by atoms with E-state index in [2.05, 4.69) is 0 Å². The molecule has 8 heavy (non-hydrogen) atoms. The summed E-state index contributed by atoms with van der Waals surface area (Å²) in [6.45, 7) is 3.30. The van der Waals surface area contributed by atoms with E-state index in [9.17, 15) is 8.42 Å². The van der Waals surface area contributed by atoms with Crippen LogP contribution >= 0.6 is 0 Å². The Balaban J connectivity index is 0. The highest BCUT2D eigenvalue weighted by atomic mass is 32.2. The summed E-state index contributed by atoms with van der Waals surface area (Å²) in [5, 5.41) is 0. The summed E-state index contributed by atoms with van der Waals surface area (Å²) in [6, 6.07) is 0. The highest BCUT2D eigenvalue weighted by molar-refractivity contribution is 7.91. The van der Waals surface area contributed by atoms with E-state index in [0.717, 1.165) is 0 Å². The van der Waals surface area contributed by atoms with Crippen molar-refractivity contribution >= 4 is 9.84 Å². The van der Waals surface area contributed by atoms with E-state index < -0.39 is 9.84 Å². The normalized spacial score (nSPS) is 10.2. The molecule has 4 heteroatoms. The summed E-state index contributed by atoms with van der Waals surface area (Å²) in [4.78, 5) is 0. The molecular weight excluding hydrogens is 131 g/mol. The average molecular weight is 142 g/mol. The van der Waals surface area contributed by atoms with E-state index in [0.29, 0.717) is 0 Å². The Morgan fingerprint density at radius 2 is 1.38 bits per heavy atom. The zero-order valence-electron chi connectivity index (χ0n) is 5.05. The molecule has 0 saturated carbocycles. The first-order valence-corrected chi connectivity index (χ1v) is 4.15. The predicted molar refractivity (Wildman–Crippen MR) is 32.5 cm³/mol. The Morgan fingerprint density at radius 3 is 1.38 bits per heavy atom. The van der Waals surface area contributed by atoms with E-state index in [1.54, 1.807) is 13.8 Å². The molecule has 2 nitrogen and oxygen atoms in total. The van der Waals surface area contributed by atoms with Crippen LogP contribution in [0.3, 0.4) is 0 Å². The molecule has 0 aliphatic heterocycles. The van der Waals surface area contributed by atoms with Crippen molar-refractivity contribution in [1.82, 2.24) is 0 Å². The van der Waals surface area contributed by atoms with E-state index >= 15 is 0 Å². The number of halogens is 1. The van der Waals surface area contributed by atoms with E-state index in [1.807, 2.05) is 0 Å². The fraction of sp³-hybridized carbons (Fsp3) is 1.00. The average Bonchev–Trinajstić information content (AvgIpc) is 1.68.